The van der Waals surface area contributed by atoms with Gasteiger partial charge in [-0.3, -0.25) is 0 Å². The number of esters is 2. The van der Waals surface area contributed by atoms with E-state index in [2.05, 4.69) is 13.2 Å². The fourth-order valence-corrected chi connectivity index (χ4v) is 6.38. The van der Waals surface area contributed by atoms with Crippen LogP contribution in [-0.4, -0.2) is 24.1 Å². The van der Waals surface area contributed by atoms with Gasteiger partial charge in [-0.2, -0.15) is 0 Å². The van der Waals surface area contributed by atoms with Crippen molar-refractivity contribution < 1.29 is 28.5 Å². The van der Waals surface area contributed by atoms with Crippen molar-refractivity contribution in [2.75, 3.05) is 0 Å². The monoisotopic (exact) mass is 650 g/mol. The third-order valence-electron chi connectivity index (χ3n) is 8.70. The van der Waals surface area contributed by atoms with Crippen molar-refractivity contribution in [2.24, 2.45) is 0 Å². The van der Waals surface area contributed by atoms with Gasteiger partial charge in [0.2, 0.25) is 0 Å². The van der Waals surface area contributed by atoms with Gasteiger partial charge in [0.1, 0.15) is 12.2 Å². The summed E-state index contributed by atoms with van der Waals surface area (Å²) in [4.78, 5) is 27.7. The Morgan fingerprint density at radius 3 is 1.02 bits per heavy atom. The van der Waals surface area contributed by atoms with Crippen molar-refractivity contribution in [1.29, 1.82) is 0 Å². The van der Waals surface area contributed by atoms with Crippen LogP contribution in [0.15, 0.2) is 176 Å². The molecule has 246 valence electrons. The zero-order valence-electron chi connectivity index (χ0n) is 27.5. The highest BCUT2D eigenvalue weighted by Gasteiger charge is 2.64. The van der Waals surface area contributed by atoms with E-state index in [1.54, 1.807) is 13.8 Å². The van der Waals surface area contributed by atoms with Gasteiger partial charge in [0.25, 0.3) is 0 Å². The average Bonchev–Trinajstić information content (AvgIpc) is 3.60. The van der Waals surface area contributed by atoms with Gasteiger partial charge in [-0.15, -0.1) is 0 Å². The Kier molecular flexibility index (Phi) is 9.72. The molecule has 1 fully saturated rings. The first kappa shape index (κ1) is 33.3. The van der Waals surface area contributed by atoms with Crippen LogP contribution in [0.4, 0.5) is 0 Å². The lowest BCUT2D eigenvalue weighted by molar-refractivity contribution is -0.181. The van der Waals surface area contributed by atoms with E-state index in [0.717, 1.165) is 5.56 Å². The van der Waals surface area contributed by atoms with Crippen molar-refractivity contribution >= 4 is 11.9 Å². The standard InChI is InChI=1S/C43H38O6/c1-30(2)39(44)48-42(33-22-12-6-13-23-33,34-24-14-7-15-25-34)37-38(47-41(46-37)32-20-10-5-11-21-32)43(49-40(45)31(3)4,35-26-16-8-17-27-35)36-28-18-9-19-29-36/h5-29,37-38,41H,1,3H2,2,4H3/t37-,38-/m1/s1. The third kappa shape index (κ3) is 6.36. The number of carbonyl (C=O) groups is 2. The summed E-state index contributed by atoms with van der Waals surface area (Å²) in [5, 5.41) is 0. The van der Waals surface area contributed by atoms with Crippen molar-refractivity contribution in [3.63, 3.8) is 0 Å². The van der Waals surface area contributed by atoms with Gasteiger partial charge < -0.3 is 18.9 Å². The van der Waals surface area contributed by atoms with Crippen molar-refractivity contribution in [3.8, 4) is 0 Å². The lowest BCUT2D eigenvalue weighted by Gasteiger charge is -2.46. The second kappa shape index (κ2) is 14.3. The highest BCUT2D eigenvalue weighted by atomic mass is 16.8. The summed E-state index contributed by atoms with van der Waals surface area (Å²) in [5.74, 6) is -1.25. The second-order valence-electron chi connectivity index (χ2n) is 12.1. The van der Waals surface area contributed by atoms with Gasteiger partial charge in [-0.05, 0) is 13.8 Å². The summed E-state index contributed by atoms with van der Waals surface area (Å²) in [6.45, 7) is 11.0. The number of hydrogen-bond donors (Lipinski definition) is 0. The van der Waals surface area contributed by atoms with E-state index < -0.39 is 41.6 Å². The molecule has 0 aromatic heterocycles. The van der Waals surface area contributed by atoms with Crippen LogP contribution in [-0.2, 0) is 39.7 Å². The van der Waals surface area contributed by atoms with Crippen LogP contribution in [0.3, 0.4) is 0 Å². The second-order valence-corrected chi connectivity index (χ2v) is 12.1. The summed E-state index contributed by atoms with van der Waals surface area (Å²) in [5.41, 5.74) is 0.406. The molecule has 6 heteroatoms. The minimum Gasteiger partial charge on any atom is -0.443 e. The van der Waals surface area contributed by atoms with Crippen molar-refractivity contribution in [2.45, 2.75) is 43.5 Å². The number of ether oxygens (including phenoxy) is 4. The van der Waals surface area contributed by atoms with Crippen molar-refractivity contribution in [3.05, 3.63) is 204 Å². The average molecular weight is 651 g/mol. The Hall–Kier alpha value is -5.56. The maximum Gasteiger partial charge on any atom is 0.334 e. The highest BCUT2D eigenvalue weighted by Crippen LogP contribution is 2.54. The molecule has 6 rings (SSSR count). The summed E-state index contributed by atoms with van der Waals surface area (Å²) < 4.78 is 27.5. The van der Waals surface area contributed by atoms with Crippen LogP contribution < -0.4 is 0 Å². The smallest absolute Gasteiger partial charge is 0.334 e. The first-order valence-electron chi connectivity index (χ1n) is 16.1. The molecule has 5 aromatic rings. The minimum absolute atomic E-state index is 0.206. The fraction of sp³-hybridized carbons (Fsp3) is 0.163. The Balaban J connectivity index is 1.73. The molecule has 5 aromatic carbocycles. The maximum absolute atomic E-state index is 13.9. The lowest BCUT2D eigenvalue weighted by atomic mass is 9.71. The highest BCUT2D eigenvalue weighted by molar-refractivity contribution is 5.88. The molecule has 0 unspecified atom stereocenters. The molecule has 0 aliphatic carbocycles. The first-order chi connectivity index (χ1) is 23.8. The van der Waals surface area contributed by atoms with E-state index in [4.69, 9.17) is 18.9 Å². The molecule has 0 bridgehead atoms. The number of rotatable bonds is 11. The van der Waals surface area contributed by atoms with Gasteiger partial charge in [0.15, 0.2) is 17.5 Å². The topological polar surface area (TPSA) is 71.1 Å². The molecule has 49 heavy (non-hydrogen) atoms. The fourth-order valence-electron chi connectivity index (χ4n) is 6.38. The Morgan fingerprint density at radius 1 is 0.490 bits per heavy atom. The molecule has 1 saturated heterocycles. The maximum atomic E-state index is 13.9. The Labute approximate surface area is 287 Å². The molecule has 1 aliphatic heterocycles. The van der Waals surface area contributed by atoms with E-state index >= 15 is 0 Å². The molecule has 6 nitrogen and oxygen atoms in total. The normalized spacial score (nSPS) is 16.4. The van der Waals surface area contributed by atoms with Crippen LogP contribution in [0, 0.1) is 0 Å². The predicted octanol–water partition coefficient (Wildman–Crippen LogP) is 8.60. The zero-order chi connectivity index (χ0) is 34.4. The summed E-state index contributed by atoms with van der Waals surface area (Å²) in [6, 6.07) is 47.2. The molecule has 0 saturated carbocycles. The summed E-state index contributed by atoms with van der Waals surface area (Å²) >= 11 is 0. The lowest BCUT2D eigenvalue weighted by Crippen LogP contribution is -2.57. The van der Waals surface area contributed by atoms with Crippen molar-refractivity contribution in [1.82, 2.24) is 0 Å². The van der Waals surface area contributed by atoms with Gasteiger partial charge in [0.05, 0.1) is 0 Å². The van der Waals surface area contributed by atoms with E-state index in [1.165, 1.54) is 0 Å². The number of benzene rings is 5. The molecule has 0 spiro atoms. The molecular formula is C43H38O6. The largest absolute Gasteiger partial charge is 0.443 e. The minimum atomic E-state index is -1.63. The molecule has 1 heterocycles. The molecule has 0 N–H and O–H groups in total. The van der Waals surface area contributed by atoms with Gasteiger partial charge in [0, 0.05) is 39.0 Å². The zero-order valence-corrected chi connectivity index (χ0v) is 27.5. The summed E-state index contributed by atoms with van der Waals surface area (Å²) in [6.07, 6.45) is -3.16. The SMILES string of the molecule is C=C(C)C(=O)OC(c1ccccc1)(c1ccccc1)[C@@H]1OC(c2ccccc2)O[C@H]1C(OC(=O)C(=C)C)(c1ccccc1)c1ccccc1. The van der Waals surface area contributed by atoms with E-state index in [1.807, 2.05) is 152 Å². The number of hydrogen-bond acceptors (Lipinski definition) is 6. The Morgan fingerprint density at radius 2 is 0.755 bits per heavy atom. The predicted molar refractivity (Wildman–Crippen MR) is 188 cm³/mol. The molecule has 0 amide bonds. The van der Waals surface area contributed by atoms with Gasteiger partial charge >= 0.3 is 11.9 Å². The third-order valence-corrected chi connectivity index (χ3v) is 8.70. The van der Waals surface area contributed by atoms with E-state index in [0.29, 0.717) is 22.3 Å². The molecular weight excluding hydrogens is 612 g/mol. The van der Waals surface area contributed by atoms with E-state index in [-0.39, 0.29) is 11.1 Å². The van der Waals surface area contributed by atoms with E-state index in [9.17, 15) is 9.59 Å². The van der Waals surface area contributed by atoms with Gasteiger partial charge in [-0.25, -0.2) is 9.59 Å². The molecule has 0 radical (unpaired) electrons. The molecule has 1 aliphatic rings. The quantitative estimate of drug-likeness (QED) is 0.105. The summed E-state index contributed by atoms with van der Waals surface area (Å²) in [7, 11) is 0. The first-order valence-corrected chi connectivity index (χ1v) is 16.1. The Bertz CT molecular complexity index is 1700. The van der Waals surface area contributed by atoms with Crippen LogP contribution in [0.25, 0.3) is 0 Å². The number of carbonyl (C=O) groups excluding carboxylic acids is 2. The van der Waals surface area contributed by atoms with Crippen LogP contribution in [0.5, 0.6) is 0 Å². The van der Waals surface area contributed by atoms with Crippen LogP contribution in [0.1, 0.15) is 48.0 Å². The molecule has 2 atom stereocenters. The van der Waals surface area contributed by atoms with Crippen LogP contribution in [0.2, 0.25) is 0 Å². The van der Waals surface area contributed by atoms with Gasteiger partial charge in [-0.1, -0.05) is 165 Å². The van der Waals surface area contributed by atoms with Crippen LogP contribution >= 0.6 is 0 Å².